The third-order valence-corrected chi connectivity index (χ3v) is 3.55. The Morgan fingerprint density at radius 3 is 2.73 bits per heavy atom. The average Bonchev–Trinajstić information content (AvgIpc) is 2.89. The fourth-order valence-electron chi connectivity index (χ4n) is 2.17. The highest BCUT2D eigenvalue weighted by molar-refractivity contribution is 6.31. The van der Waals surface area contributed by atoms with Crippen molar-refractivity contribution in [1.82, 2.24) is 4.98 Å². The van der Waals surface area contributed by atoms with Crippen LogP contribution in [0.25, 0.3) is 22.2 Å². The molecule has 2 aromatic carbocycles. The smallest absolute Gasteiger partial charge is 0.295 e. The second-order valence-electron chi connectivity index (χ2n) is 5.11. The third-order valence-electron chi connectivity index (χ3n) is 3.33. The van der Waals surface area contributed by atoms with E-state index < -0.39 is 0 Å². The van der Waals surface area contributed by atoms with Gasteiger partial charge in [0.1, 0.15) is 11.3 Å². The van der Waals surface area contributed by atoms with Crippen molar-refractivity contribution in [3.63, 3.8) is 0 Å². The van der Waals surface area contributed by atoms with E-state index in [1.165, 1.54) is 12.1 Å². The molecule has 0 unspecified atom stereocenters. The number of hydrogen-bond acceptors (Lipinski definition) is 4. The number of benzene rings is 2. The van der Waals surface area contributed by atoms with E-state index >= 15 is 0 Å². The predicted octanol–water partition coefficient (Wildman–Crippen LogP) is 4.05. The van der Waals surface area contributed by atoms with E-state index in [-0.39, 0.29) is 11.9 Å². The Hall–Kier alpha value is -2.11. The molecule has 0 radical (unpaired) electrons. The van der Waals surface area contributed by atoms with Gasteiger partial charge in [-0.3, -0.25) is 0 Å². The van der Waals surface area contributed by atoms with Crippen molar-refractivity contribution in [3.05, 3.63) is 47.2 Å². The molecule has 1 aromatic heterocycles. The molecule has 0 aliphatic carbocycles. The quantitative estimate of drug-likeness (QED) is 0.761. The second kappa shape index (κ2) is 5.94. The Morgan fingerprint density at radius 1 is 1.32 bits per heavy atom. The third kappa shape index (κ3) is 2.91. The van der Waals surface area contributed by atoms with Crippen molar-refractivity contribution in [2.45, 2.75) is 13.0 Å². The molecule has 0 amide bonds. The van der Waals surface area contributed by atoms with Gasteiger partial charge in [-0.15, -0.1) is 0 Å². The summed E-state index contributed by atoms with van der Waals surface area (Å²) in [4.78, 5) is 4.37. The van der Waals surface area contributed by atoms with Crippen LogP contribution in [-0.4, -0.2) is 17.6 Å². The minimum Gasteiger partial charge on any atom is -0.423 e. The fourth-order valence-corrected chi connectivity index (χ4v) is 2.39. The SMILES string of the molecule is C[C@@H](CN)Nc1nc2cc(Cl)cc(-c3ccc(F)cc3)c2o1. The first-order chi connectivity index (χ1) is 10.6. The lowest BCUT2D eigenvalue weighted by atomic mass is 10.0. The zero-order valence-electron chi connectivity index (χ0n) is 11.9. The summed E-state index contributed by atoms with van der Waals surface area (Å²) in [5, 5.41) is 3.62. The summed E-state index contributed by atoms with van der Waals surface area (Å²) < 4.78 is 18.9. The van der Waals surface area contributed by atoms with Gasteiger partial charge in [-0.1, -0.05) is 23.7 Å². The van der Waals surface area contributed by atoms with E-state index in [1.807, 2.05) is 6.92 Å². The number of fused-ring (bicyclic) bond motifs is 1. The summed E-state index contributed by atoms with van der Waals surface area (Å²) in [6.07, 6.45) is 0. The summed E-state index contributed by atoms with van der Waals surface area (Å²) >= 11 is 6.15. The molecule has 22 heavy (non-hydrogen) atoms. The first-order valence-electron chi connectivity index (χ1n) is 6.89. The zero-order chi connectivity index (χ0) is 15.7. The molecule has 0 saturated heterocycles. The first-order valence-corrected chi connectivity index (χ1v) is 7.27. The summed E-state index contributed by atoms with van der Waals surface area (Å²) in [5.74, 6) is -0.293. The molecule has 0 saturated carbocycles. The number of aromatic nitrogens is 1. The molecule has 1 atom stereocenters. The number of nitrogens with two attached hydrogens (primary N) is 1. The van der Waals surface area contributed by atoms with Crippen molar-refractivity contribution in [2.75, 3.05) is 11.9 Å². The molecule has 1 heterocycles. The maximum atomic E-state index is 13.1. The molecule has 0 bridgehead atoms. The van der Waals surface area contributed by atoms with E-state index in [0.29, 0.717) is 28.7 Å². The Morgan fingerprint density at radius 2 is 2.05 bits per heavy atom. The van der Waals surface area contributed by atoms with Crippen molar-refractivity contribution in [3.8, 4) is 11.1 Å². The maximum absolute atomic E-state index is 13.1. The number of oxazole rings is 1. The molecule has 0 spiro atoms. The summed E-state index contributed by atoms with van der Waals surface area (Å²) in [6.45, 7) is 2.40. The highest BCUT2D eigenvalue weighted by atomic mass is 35.5. The van der Waals surface area contributed by atoms with Gasteiger partial charge in [0.25, 0.3) is 6.01 Å². The van der Waals surface area contributed by atoms with Crippen LogP contribution in [0.4, 0.5) is 10.4 Å². The summed E-state index contributed by atoms with van der Waals surface area (Å²) in [7, 11) is 0. The van der Waals surface area contributed by atoms with E-state index in [2.05, 4.69) is 10.3 Å². The molecule has 4 nitrogen and oxygen atoms in total. The summed E-state index contributed by atoms with van der Waals surface area (Å²) in [5.41, 5.74) is 8.40. The lowest BCUT2D eigenvalue weighted by molar-refractivity contribution is 0.601. The van der Waals surface area contributed by atoms with Gasteiger partial charge in [0.2, 0.25) is 0 Å². The van der Waals surface area contributed by atoms with Gasteiger partial charge in [0.15, 0.2) is 5.58 Å². The Bertz CT molecular complexity index is 801. The largest absolute Gasteiger partial charge is 0.423 e. The monoisotopic (exact) mass is 319 g/mol. The van der Waals surface area contributed by atoms with Crippen molar-refractivity contribution < 1.29 is 8.81 Å². The molecule has 0 fully saturated rings. The average molecular weight is 320 g/mol. The molecule has 3 aromatic rings. The van der Waals surface area contributed by atoms with Gasteiger partial charge in [-0.25, -0.2) is 4.39 Å². The maximum Gasteiger partial charge on any atom is 0.295 e. The molecule has 0 aliphatic rings. The second-order valence-corrected chi connectivity index (χ2v) is 5.55. The van der Waals surface area contributed by atoms with Crippen LogP contribution in [-0.2, 0) is 0 Å². The van der Waals surface area contributed by atoms with Crippen molar-refractivity contribution in [2.24, 2.45) is 5.73 Å². The molecule has 114 valence electrons. The zero-order valence-corrected chi connectivity index (χ0v) is 12.7. The Labute approximate surface area is 132 Å². The van der Waals surface area contributed by atoms with Gasteiger partial charge in [-0.2, -0.15) is 4.98 Å². The predicted molar refractivity (Wildman–Crippen MR) is 86.6 cm³/mol. The highest BCUT2D eigenvalue weighted by Crippen LogP contribution is 2.33. The lowest BCUT2D eigenvalue weighted by Crippen LogP contribution is -2.25. The molecule has 6 heteroatoms. The number of nitrogens with zero attached hydrogens (tertiary/aromatic N) is 1. The van der Waals surface area contributed by atoms with Crippen molar-refractivity contribution >= 4 is 28.7 Å². The number of hydrogen-bond donors (Lipinski definition) is 2. The normalized spacial score (nSPS) is 12.5. The van der Waals surface area contributed by atoms with Gasteiger partial charge in [0, 0.05) is 23.2 Å². The standard InChI is InChI=1S/C16H15ClFN3O/c1-9(8-19)20-16-21-14-7-11(17)6-13(15(14)22-16)10-2-4-12(18)5-3-10/h2-7,9H,8,19H2,1H3,(H,20,21)/t9-/m0/s1. The summed E-state index contributed by atoms with van der Waals surface area (Å²) in [6, 6.07) is 10.1. The van der Waals surface area contributed by atoms with Crippen LogP contribution < -0.4 is 11.1 Å². The van der Waals surface area contributed by atoms with Gasteiger partial charge < -0.3 is 15.5 Å². The van der Waals surface area contributed by atoms with Crippen LogP contribution in [0.3, 0.4) is 0 Å². The van der Waals surface area contributed by atoms with Crippen LogP contribution in [0.15, 0.2) is 40.8 Å². The van der Waals surface area contributed by atoms with E-state index in [9.17, 15) is 4.39 Å². The minimum absolute atomic E-state index is 0.0396. The fraction of sp³-hybridized carbons (Fsp3) is 0.188. The molecule has 3 N–H and O–H groups in total. The number of nitrogens with one attached hydrogen (secondary N) is 1. The van der Waals surface area contributed by atoms with Gasteiger partial charge in [-0.05, 0) is 36.8 Å². The Kier molecular flexibility index (Phi) is 4.00. The topological polar surface area (TPSA) is 64.1 Å². The van der Waals surface area contributed by atoms with E-state index in [1.54, 1.807) is 24.3 Å². The van der Waals surface area contributed by atoms with Gasteiger partial charge >= 0.3 is 0 Å². The highest BCUT2D eigenvalue weighted by Gasteiger charge is 2.14. The van der Waals surface area contributed by atoms with Crippen molar-refractivity contribution in [1.29, 1.82) is 0 Å². The molecule has 0 aliphatic heterocycles. The molecular formula is C16H15ClFN3O. The molecule has 3 rings (SSSR count). The van der Waals surface area contributed by atoms with Crippen LogP contribution >= 0.6 is 11.6 Å². The number of rotatable bonds is 4. The Balaban J connectivity index is 2.11. The first kappa shape index (κ1) is 14.8. The van der Waals surface area contributed by atoms with Crippen LogP contribution in [0.5, 0.6) is 0 Å². The van der Waals surface area contributed by atoms with Crippen LogP contribution in [0.2, 0.25) is 5.02 Å². The lowest BCUT2D eigenvalue weighted by Gasteiger charge is -2.07. The van der Waals surface area contributed by atoms with E-state index in [4.69, 9.17) is 21.8 Å². The molecular weight excluding hydrogens is 305 g/mol. The van der Waals surface area contributed by atoms with Gasteiger partial charge in [0.05, 0.1) is 0 Å². The number of halogens is 2. The van der Waals surface area contributed by atoms with Crippen LogP contribution in [0.1, 0.15) is 6.92 Å². The van der Waals surface area contributed by atoms with Crippen LogP contribution in [0, 0.1) is 5.82 Å². The number of anilines is 1. The van der Waals surface area contributed by atoms with E-state index in [0.717, 1.165) is 11.1 Å². The minimum atomic E-state index is -0.293.